The van der Waals surface area contributed by atoms with Gasteiger partial charge >= 0.3 is 0 Å². The second-order valence-corrected chi connectivity index (χ2v) is 4.03. The number of rotatable bonds is 8. The Labute approximate surface area is 107 Å². The quantitative estimate of drug-likeness (QED) is 0.570. The van der Waals surface area contributed by atoms with Crippen LogP contribution in [0, 0.1) is 5.82 Å². The van der Waals surface area contributed by atoms with Crippen LogP contribution in [0.3, 0.4) is 0 Å². The van der Waals surface area contributed by atoms with Gasteiger partial charge in [0.25, 0.3) is 0 Å². The van der Waals surface area contributed by atoms with Gasteiger partial charge < -0.3 is 20.1 Å². The van der Waals surface area contributed by atoms with Crippen molar-refractivity contribution in [1.82, 2.24) is 0 Å². The fourth-order valence-electron chi connectivity index (χ4n) is 1.77. The van der Waals surface area contributed by atoms with Crippen molar-refractivity contribution >= 4 is 11.4 Å². The average molecular weight is 256 g/mol. The van der Waals surface area contributed by atoms with E-state index in [4.69, 9.17) is 15.2 Å². The van der Waals surface area contributed by atoms with E-state index >= 15 is 0 Å². The molecular weight excluding hydrogens is 235 g/mol. The second-order valence-electron chi connectivity index (χ2n) is 4.03. The summed E-state index contributed by atoms with van der Waals surface area (Å²) in [5.74, 6) is -0.320. The zero-order valence-corrected chi connectivity index (χ0v) is 11.0. The molecule has 4 nitrogen and oxygen atoms in total. The number of hydrogen-bond donors (Lipinski definition) is 1. The van der Waals surface area contributed by atoms with Crippen LogP contribution in [0.5, 0.6) is 0 Å². The van der Waals surface area contributed by atoms with E-state index < -0.39 is 0 Å². The summed E-state index contributed by atoms with van der Waals surface area (Å²) in [6, 6.07) is 4.46. The van der Waals surface area contributed by atoms with Gasteiger partial charge in [-0.2, -0.15) is 0 Å². The molecule has 0 aliphatic rings. The van der Waals surface area contributed by atoms with Crippen molar-refractivity contribution in [2.75, 3.05) is 51.2 Å². The monoisotopic (exact) mass is 256 g/mol. The Morgan fingerprint density at radius 3 is 2.50 bits per heavy atom. The Kier molecular flexibility index (Phi) is 6.46. The van der Waals surface area contributed by atoms with Crippen LogP contribution >= 0.6 is 0 Å². The number of hydrogen-bond acceptors (Lipinski definition) is 4. The molecule has 5 heteroatoms. The van der Waals surface area contributed by atoms with Crippen LogP contribution in [0.2, 0.25) is 0 Å². The normalized spacial score (nSPS) is 10.6. The highest BCUT2D eigenvalue weighted by molar-refractivity contribution is 5.67. The molecule has 0 fully saturated rings. The fourth-order valence-corrected chi connectivity index (χ4v) is 1.77. The molecule has 0 spiro atoms. The van der Waals surface area contributed by atoms with E-state index in [1.54, 1.807) is 20.3 Å². The van der Waals surface area contributed by atoms with E-state index in [1.807, 2.05) is 0 Å². The number of ether oxygens (including phenoxy) is 2. The zero-order chi connectivity index (χ0) is 13.4. The number of nitrogens with two attached hydrogens (primary N) is 1. The van der Waals surface area contributed by atoms with E-state index in [0.29, 0.717) is 18.9 Å². The van der Waals surface area contributed by atoms with Crippen molar-refractivity contribution in [3.05, 3.63) is 24.0 Å². The van der Waals surface area contributed by atoms with Crippen molar-refractivity contribution < 1.29 is 13.9 Å². The highest BCUT2D eigenvalue weighted by atomic mass is 19.1. The maximum atomic E-state index is 13.0. The zero-order valence-electron chi connectivity index (χ0n) is 11.0. The van der Waals surface area contributed by atoms with Crippen LogP contribution in [0.15, 0.2) is 18.2 Å². The molecule has 0 saturated carbocycles. The van der Waals surface area contributed by atoms with Crippen molar-refractivity contribution in [3.8, 4) is 0 Å². The van der Waals surface area contributed by atoms with Crippen LogP contribution in [-0.2, 0) is 9.47 Å². The number of anilines is 2. The lowest BCUT2D eigenvalue weighted by molar-refractivity contribution is 0.191. The summed E-state index contributed by atoms with van der Waals surface area (Å²) >= 11 is 0. The highest BCUT2D eigenvalue weighted by Gasteiger charge is 2.10. The molecule has 0 aliphatic carbocycles. The molecule has 2 N–H and O–H groups in total. The predicted molar refractivity (Wildman–Crippen MR) is 71.4 cm³/mol. The first-order valence-corrected chi connectivity index (χ1v) is 5.97. The summed E-state index contributed by atoms with van der Waals surface area (Å²) in [7, 11) is 3.33. The largest absolute Gasteiger partial charge is 0.397 e. The van der Waals surface area contributed by atoms with Gasteiger partial charge in [0.1, 0.15) is 5.82 Å². The molecule has 0 bridgehead atoms. The first kappa shape index (κ1) is 14.7. The lowest BCUT2D eigenvalue weighted by Crippen LogP contribution is -2.29. The van der Waals surface area contributed by atoms with Gasteiger partial charge in [-0.25, -0.2) is 4.39 Å². The Balaban J connectivity index is 2.73. The Morgan fingerprint density at radius 2 is 1.89 bits per heavy atom. The number of nitrogen functional groups attached to an aromatic ring is 1. The molecular formula is C13H21FN2O2. The minimum Gasteiger partial charge on any atom is -0.397 e. The predicted octanol–water partition coefficient (Wildman–Crippen LogP) is 1.90. The highest BCUT2D eigenvalue weighted by Crippen LogP contribution is 2.24. The van der Waals surface area contributed by atoms with E-state index in [1.165, 1.54) is 12.1 Å². The number of nitrogens with zero attached hydrogens (tertiary/aromatic N) is 1. The molecule has 0 radical (unpaired) electrons. The fraction of sp³-hybridized carbons (Fsp3) is 0.538. The molecule has 0 unspecified atom stereocenters. The van der Waals surface area contributed by atoms with E-state index in [-0.39, 0.29) is 5.82 Å². The standard InChI is InChI=1S/C13H21FN2O2/c1-17-8-3-6-16(7-9-18-2)13-5-4-11(14)10-12(13)15/h4-5,10H,3,6-9,15H2,1-2H3. The molecule has 0 amide bonds. The summed E-state index contributed by atoms with van der Waals surface area (Å²) in [5, 5.41) is 0. The second kappa shape index (κ2) is 7.89. The summed E-state index contributed by atoms with van der Waals surface area (Å²) in [6.45, 7) is 2.80. The smallest absolute Gasteiger partial charge is 0.125 e. The third kappa shape index (κ3) is 4.50. The first-order chi connectivity index (χ1) is 8.69. The van der Waals surface area contributed by atoms with Crippen LogP contribution < -0.4 is 10.6 Å². The molecule has 1 aromatic rings. The van der Waals surface area contributed by atoms with Gasteiger partial charge in [0.2, 0.25) is 0 Å². The lowest BCUT2D eigenvalue weighted by atomic mass is 10.2. The first-order valence-electron chi connectivity index (χ1n) is 5.97. The summed E-state index contributed by atoms with van der Waals surface area (Å²) in [5.41, 5.74) is 7.13. The van der Waals surface area contributed by atoms with Crippen LogP contribution in [0.4, 0.5) is 15.8 Å². The summed E-state index contributed by atoms with van der Waals surface area (Å²) in [6.07, 6.45) is 0.886. The molecule has 0 saturated heterocycles. The molecule has 18 heavy (non-hydrogen) atoms. The Morgan fingerprint density at radius 1 is 1.17 bits per heavy atom. The maximum Gasteiger partial charge on any atom is 0.125 e. The molecule has 102 valence electrons. The topological polar surface area (TPSA) is 47.7 Å². The number of benzene rings is 1. The number of methoxy groups -OCH3 is 2. The van der Waals surface area contributed by atoms with E-state index in [0.717, 1.165) is 25.2 Å². The minimum absolute atomic E-state index is 0.320. The number of halogens is 1. The molecule has 0 aromatic heterocycles. The minimum atomic E-state index is -0.320. The van der Waals surface area contributed by atoms with E-state index in [2.05, 4.69) is 4.90 Å². The Bertz CT molecular complexity index is 361. The van der Waals surface area contributed by atoms with Gasteiger partial charge in [0.15, 0.2) is 0 Å². The summed E-state index contributed by atoms with van der Waals surface area (Å²) < 4.78 is 23.1. The van der Waals surface area contributed by atoms with Crippen molar-refractivity contribution in [2.24, 2.45) is 0 Å². The van der Waals surface area contributed by atoms with Gasteiger partial charge in [-0.3, -0.25) is 0 Å². The Hall–Kier alpha value is -1.33. The molecule has 0 heterocycles. The van der Waals surface area contributed by atoms with Crippen molar-refractivity contribution in [2.45, 2.75) is 6.42 Å². The SMILES string of the molecule is COCCCN(CCOC)c1ccc(F)cc1N. The summed E-state index contributed by atoms with van der Waals surface area (Å²) in [4.78, 5) is 2.08. The van der Waals surface area contributed by atoms with Crippen LogP contribution in [-0.4, -0.2) is 40.5 Å². The third-order valence-corrected chi connectivity index (χ3v) is 2.67. The lowest BCUT2D eigenvalue weighted by Gasteiger charge is -2.25. The maximum absolute atomic E-state index is 13.0. The van der Waals surface area contributed by atoms with Crippen LogP contribution in [0.25, 0.3) is 0 Å². The molecule has 1 aromatic carbocycles. The third-order valence-electron chi connectivity index (χ3n) is 2.67. The van der Waals surface area contributed by atoms with Gasteiger partial charge in [-0.1, -0.05) is 0 Å². The van der Waals surface area contributed by atoms with E-state index in [9.17, 15) is 4.39 Å². The molecule has 0 aliphatic heterocycles. The van der Waals surface area contributed by atoms with Crippen LogP contribution in [0.1, 0.15) is 6.42 Å². The van der Waals surface area contributed by atoms with Crippen molar-refractivity contribution in [1.29, 1.82) is 0 Å². The average Bonchev–Trinajstić information content (AvgIpc) is 2.34. The van der Waals surface area contributed by atoms with Gasteiger partial charge in [0.05, 0.1) is 18.0 Å². The molecule has 0 atom stereocenters. The molecule has 1 rings (SSSR count). The van der Waals surface area contributed by atoms with Crippen molar-refractivity contribution in [3.63, 3.8) is 0 Å². The van der Waals surface area contributed by atoms with Gasteiger partial charge in [-0.05, 0) is 24.6 Å². The van der Waals surface area contributed by atoms with Gasteiger partial charge in [0, 0.05) is 33.9 Å². The van der Waals surface area contributed by atoms with Gasteiger partial charge in [-0.15, -0.1) is 0 Å².